The summed E-state index contributed by atoms with van der Waals surface area (Å²) in [6.45, 7) is 4.87. The van der Waals surface area contributed by atoms with Crippen molar-refractivity contribution in [3.63, 3.8) is 0 Å². The van der Waals surface area contributed by atoms with E-state index in [0.29, 0.717) is 26.0 Å². The molecule has 94 valence electrons. The van der Waals surface area contributed by atoms with Crippen molar-refractivity contribution in [2.75, 3.05) is 19.8 Å². The van der Waals surface area contributed by atoms with Gasteiger partial charge in [0, 0.05) is 19.4 Å². The largest absolute Gasteiger partial charge is 0.394 e. The van der Waals surface area contributed by atoms with Gasteiger partial charge in [0.1, 0.15) is 6.10 Å². The second-order valence-corrected chi connectivity index (χ2v) is 4.22. The average Bonchev–Trinajstić information content (AvgIpc) is 2.66. The van der Waals surface area contributed by atoms with Crippen LogP contribution in [0.3, 0.4) is 0 Å². The third-order valence-corrected chi connectivity index (χ3v) is 2.57. The first-order valence-electron chi connectivity index (χ1n) is 5.79. The lowest BCUT2D eigenvalue weighted by molar-refractivity contribution is -0.165. The van der Waals surface area contributed by atoms with Crippen LogP contribution in [-0.4, -0.2) is 42.7 Å². The molecule has 2 atom stereocenters. The number of aliphatic hydroxyl groups is 1. The van der Waals surface area contributed by atoms with E-state index in [1.54, 1.807) is 6.92 Å². The van der Waals surface area contributed by atoms with Gasteiger partial charge in [0.05, 0.1) is 13.2 Å². The maximum Gasteiger partial charge on any atom is 0.220 e. The van der Waals surface area contributed by atoms with Gasteiger partial charge in [-0.3, -0.25) is 4.79 Å². The average molecular weight is 231 g/mol. The molecule has 1 amide bonds. The number of rotatable bonds is 6. The topological polar surface area (TPSA) is 67.8 Å². The van der Waals surface area contributed by atoms with Crippen LogP contribution in [0, 0.1) is 0 Å². The summed E-state index contributed by atoms with van der Waals surface area (Å²) in [4.78, 5) is 11.4. The van der Waals surface area contributed by atoms with Crippen LogP contribution in [0.15, 0.2) is 0 Å². The minimum absolute atomic E-state index is 0.0164. The van der Waals surface area contributed by atoms with Crippen molar-refractivity contribution >= 4 is 5.91 Å². The van der Waals surface area contributed by atoms with Crippen molar-refractivity contribution in [2.45, 2.75) is 45.0 Å². The van der Waals surface area contributed by atoms with Crippen LogP contribution in [0.5, 0.6) is 0 Å². The second-order valence-electron chi connectivity index (χ2n) is 4.22. The molecular weight excluding hydrogens is 210 g/mol. The van der Waals surface area contributed by atoms with Gasteiger partial charge in [-0.15, -0.1) is 0 Å². The highest BCUT2D eigenvalue weighted by Gasteiger charge is 2.36. The molecule has 0 aromatic rings. The number of hydrogen-bond acceptors (Lipinski definition) is 4. The molecule has 1 aliphatic heterocycles. The van der Waals surface area contributed by atoms with Crippen molar-refractivity contribution in [3.8, 4) is 0 Å². The number of aliphatic hydroxyl groups excluding tert-OH is 1. The number of carbonyl (C=O) groups is 1. The van der Waals surface area contributed by atoms with Gasteiger partial charge >= 0.3 is 0 Å². The number of ether oxygens (including phenoxy) is 2. The molecule has 0 spiro atoms. The minimum atomic E-state index is -0.725. The van der Waals surface area contributed by atoms with Crippen molar-refractivity contribution in [1.29, 1.82) is 0 Å². The fraction of sp³-hybridized carbons (Fsp3) is 0.909. The summed E-state index contributed by atoms with van der Waals surface area (Å²) >= 11 is 0. The molecule has 0 aliphatic carbocycles. The van der Waals surface area contributed by atoms with Gasteiger partial charge in [0.15, 0.2) is 5.79 Å². The van der Waals surface area contributed by atoms with Crippen molar-refractivity contribution in [1.82, 2.24) is 5.32 Å². The highest BCUT2D eigenvalue weighted by Crippen LogP contribution is 2.27. The second kappa shape index (κ2) is 6.18. The van der Waals surface area contributed by atoms with E-state index in [1.807, 2.05) is 6.92 Å². The standard InChI is InChI=1S/C11H21NO4/c1-3-6-12-10(14)4-5-11(2)15-8-9(7-13)16-11/h9,13H,3-8H2,1-2H3,(H,12,14). The molecule has 2 N–H and O–H groups in total. The Morgan fingerprint density at radius 3 is 2.94 bits per heavy atom. The van der Waals surface area contributed by atoms with E-state index in [4.69, 9.17) is 14.6 Å². The van der Waals surface area contributed by atoms with Gasteiger partial charge in [-0.2, -0.15) is 0 Å². The Balaban J connectivity index is 2.24. The van der Waals surface area contributed by atoms with E-state index >= 15 is 0 Å². The Kier molecular flexibility index (Phi) is 5.18. The zero-order valence-electron chi connectivity index (χ0n) is 9.99. The van der Waals surface area contributed by atoms with E-state index in [9.17, 15) is 4.79 Å². The monoisotopic (exact) mass is 231 g/mol. The predicted molar refractivity (Wildman–Crippen MR) is 58.9 cm³/mol. The third-order valence-electron chi connectivity index (χ3n) is 2.57. The molecular formula is C11H21NO4. The molecule has 0 aromatic heterocycles. The molecule has 16 heavy (non-hydrogen) atoms. The quantitative estimate of drug-likeness (QED) is 0.695. The molecule has 0 aromatic carbocycles. The molecule has 0 saturated carbocycles. The van der Waals surface area contributed by atoms with Crippen LogP contribution in [0.2, 0.25) is 0 Å². The van der Waals surface area contributed by atoms with Crippen LogP contribution in [0.1, 0.15) is 33.1 Å². The van der Waals surface area contributed by atoms with E-state index < -0.39 is 5.79 Å². The third kappa shape index (κ3) is 4.08. The Hall–Kier alpha value is -0.650. The lowest BCUT2D eigenvalue weighted by Gasteiger charge is -2.22. The van der Waals surface area contributed by atoms with Gasteiger partial charge in [0.2, 0.25) is 5.91 Å². The summed E-state index contributed by atoms with van der Waals surface area (Å²) in [6.07, 6.45) is 1.57. The van der Waals surface area contributed by atoms with Gasteiger partial charge in [-0.1, -0.05) is 6.92 Å². The van der Waals surface area contributed by atoms with Crippen molar-refractivity contribution < 1.29 is 19.4 Å². The Labute approximate surface area is 96.1 Å². The molecule has 0 radical (unpaired) electrons. The fourth-order valence-corrected chi connectivity index (χ4v) is 1.60. The molecule has 0 bridgehead atoms. The summed E-state index contributed by atoms with van der Waals surface area (Å²) in [7, 11) is 0. The summed E-state index contributed by atoms with van der Waals surface area (Å²) in [6, 6.07) is 0. The van der Waals surface area contributed by atoms with Crippen molar-refractivity contribution in [3.05, 3.63) is 0 Å². The van der Waals surface area contributed by atoms with E-state index in [0.717, 1.165) is 6.42 Å². The van der Waals surface area contributed by atoms with Gasteiger partial charge in [-0.25, -0.2) is 0 Å². The number of nitrogens with one attached hydrogen (secondary N) is 1. The predicted octanol–water partition coefficient (Wildman–Crippen LogP) is 0.417. The summed E-state index contributed by atoms with van der Waals surface area (Å²) in [5, 5.41) is 11.7. The summed E-state index contributed by atoms with van der Waals surface area (Å²) in [5.41, 5.74) is 0. The van der Waals surface area contributed by atoms with Gasteiger partial charge in [-0.05, 0) is 13.3 Å². The maximum absolute atomic E-state index is 11.4. The van der Waals surface area contributed by atoms with Gasteiger partial charge < -0.3 is 19.9 Å². The molecule has 1 fully saturated rings. The molecule has 1 aliphatic rings. The smallest absolute Gasteiger partial charge is 0.220 e. The minimum Gasteiger partial charge on any atom is -0.394 e. The molecule has 1 heterocycles. The zero-order valence-corrected chi connectivity index (χ0v) is 9.99. The highest BCUT2D eigenvalue weighted by atomic mass is 16.7. The summed E-state index contributed by atoms with van der Waals surface area (Å²) in [5.74, 6) is -0.709. The lowest BCUT2D eigenvalue weighted by Crippen LogP contribution is -2.31. The molecule has 1 rings (SSSR count). The molecule has 5 heteroatoms. The Bertz CT molecular complexity index is 234. The van der Waals surface area contributed by atoms with Crippen LogP contribution in [0.25, 0.3) is 0 Å². The van der Waals surface area contributed by atoms with E-state index in [2.05, 4.69) is 5.32 Å². The van der Waals surface area contributed by atoms with Crippen LogP contribution < -0.4 is 5.32 Å². The lowest BCUT2D eigenvalue weighted by atomic mass is 10.1. The van der Waals surface area contributed by atoms with Crippen molar-refractivity contribution in [2.24, 2.45) is 0 Å². The number of hydrogen-bond donors (Lipinski definition) is 2. The maximum atomic E-state index is 11.4. The van der Waals surface area contributed by atoms with Crippen LogP contribution >= 0.6 is 0 Å². The molecule has 1 saturated heterocycles. The van der Waals surface area contributed by atoms with Gasteiger partial charge in [0.25, 0.3) is 0 Å². The van der Waals surface area contributed by atoms with E-state index in [1.165, 1.54) is 0 Å². The first kappa shape index (κ1) is 13.4. The highest BCUT2D eigenvalue weighted by molar-refractivity contribution is 5.75. The number of amides is 1. The first-order valence-corrected chi connectivity index (χ1v) is 5.79. The fourth-order valence-electron chi connectivity index (χ4n) is 1.60. The molecule has 5 nitrogen and oxygen atoms in total. The SMILES string of the molecule is CCCNC(=O)CCC1(C)OCC(CO)O1. The molecule has 2 unspecified atom stereocenters. The normalized spacial score (nSPS) is 29.3. The first-order chi connectivity index (χ1) is 7.59. The zero-order chi connectivity index (χ0) is 12.0. The van der Waals surface area contributed by atoms with Crippen LogP contribution in [-0.2, 0) is 14.3 Å². The Morgan fingerprint density at radius 2 is 2.38 bits per heavy atom. The Morgan fingerprint density at radius 1 is 1.62 bits per heavy atom. The van der Waals surface area contributed by atoms with Crippen LogP contribution in [0.4, 0.5) is 0 Å². The summed E-state index contributed by atoms with van der Waals surface area (Å²) < 4.78 is 10.9. The number of carbonyl (C=O) groups excluding carboxylic acids is 1. The van der Waals surface area contributed by atoms with E-state index in [-0.39, 0.29) is 18.6 Å².